The van der Waals surface area contributed by atoms with Crippen LogP contribution in [-0.4, -0.2) is 263 Å². The van der Waals surface area contributed by atoms with Crippen LogP contribution in [-0.2, 0) is 80.7 Å². The fourth-order valence-corrected chi connectivity index (χ4v) is 12.3. The van der Waals surface area contributed by atoms with Crippen LogP contribution in [0.5, 0.6) is 0 Å². The van der Waals surface area contributed by atoms with E-state index in [4.69, 9.17) is 4.74 Å². The van der Waals surface area contributed by atoms with Gasteiger partial charge in [0.15, 0.2) is 0 Å². The zero-order valence-corrected chi connectivity index (χ0v) is 73.7. The molecule has 0 aliphatic rings. The van der Waals surface area contributed by atoms with Crippen molar-refractivity contribution >= 4 is 17.9 Å². The fourth-order valence-electron chi connectivity index (χ4n) is 12.3. The van der Waals surface area contributed by atoms with E-state index in [0.29, 0.717) is 56.3 Å². The highest BCUT2D eigenvalue weighted by atomic mass is 19.4. The number of nitrogens with zero attached hydrogens (tertiary/aromatic N) is 2. The van der Waals surface area contributed by atoms with Crippen molar-refractivity contribution in [1.29, 1.82) is 0 Å². The van der Waals surface area contributed by atoms with Crippen molar-refractivity contribution in [3.8, 4) is 0 Å². The molecule has 0 spiro atoms. The highest BCUT2D eigenvalue weighted by Crippen LogP contribution is 2.49. The summed E-state index contributed by atoms with van der Waals surface area (Å²) >= 11 is 0. The van der Waals surface area contributed by atoms with E-state index in [1.807, 2.05) is 0 Å². The van der Waals surface area contributed by atoms with Crippen molar-refractivity contribution in [2.75, 3.05) is 132 Å². The Labute approximate surface area is 761 Å². The van der Waals surface area contributed by atoms with E-state index in [1.165, 1.54) is 26.0 Å². The van der Waals surface area contributed by atoms with Gasteiger partial charge in [0.05, 0.1) is 19.8 Å². The summed E-state index contributed by atoms with van der Waals surface area (Å²) in [6.07, 6.45) is -76.6. The summed E-state index contributed by atoms with van der Waals surface area (Å²) in [5.41, 5.74) is -4.56. The minimum absolute atomic E-state index is 0.0434. The second-order valence-electron chi connectivity index (χ2n) is 30.3. The summed E-state index contributed by atoms with van der Waals surface area (Å²) in [5, 5.41) is 2.53. The Morgan fingerprint density at radius 2 is 0.606 bits per heavy atom. The standard InChI is InChI=1S/C42H54F22N2O10.C31H46F11NO4.C6H7F5O3/c1-7-11-33(12-8-2,22-65(17-19-69-25-36(50,51)73-31(5,43)44)29(67)21-71-27-37(52,53)74-32(6,45)46)15-16-34(13-9-3,14-10-4)23-66(18-20-70-26-39(56,57)76-42(63,64)41(60,61)62)30(68)40(58,59)75-38(54,55)28-72-24-35(47,48)49;1-6-13-25(14-7-2,17-11-12-20-45-24-29(36,37)47-31(41,42)30(38,39)40)18-19-26(15-8-3,16-9-4)21-43-22-27(32,33)46-28(34,35)23-44-10-5;1-2-13-3-5(8,9)14-6(10,11)4(7)12/h7-10H,1-4,11-28H2,5-6H3;6-9,43H,1-4,10-24H2,5H3;2-3H2,1H3. The molecule has 0 aliphatic carbocycles. The van der Waals surface area contributed by atoms with Gasteiger partial charge in [-0.1, -0.05) is 55.0 Å². The number of halogens is 38. The first-order chi connectivity index (χ1) is 62.0. The first kappa shape index (κ1) is 134. The molecule has 58 heteroatoms. The minimum Gasteiger partial charge on any atom is -0.373 e. The Balaban J connectivity index is -0.00000247. The van der Waals surface area contributed by atoms with Gasteiger partial charge >= 0.3 is 116 Å². The van der Waals surface area contributed by atoms with Crippen molar-refractivity contribution in [1.82, 2.24) is 15.1 Å². The largest absolute Gasteiger partial charge is 0.483 e. The first-order valence-corrected chi connectivity index (χ1v) is 39.8. The number of carbonyl (C=O) groups excluding carboxylic acids is 3. The number of hydrogen-bond acceptors (Lipinski definition) is 18. The molecular formula is C79H107F38N3O17. The summed E-state index contributed by atoms with van der Waals surface area (Å²) in [4.78, 5) is 37.1. The molecule has 0 bridgehead atoms. The van der Waals surface area contributed by atoms with Crippen LogP contribution < -0.4 is 5.32 Å². The number of hydrogen-bond donors (Lipinski definition) is 1. The van der Waals surface area contributed by atoms with Crippen LogP contribution in [0.25, 0.3) is 0 Å². The number of carbonyl (C=O) groups is 3. The number of rotatable bonds is 76. The quantitative estimate of drug-likeness (QED) is 0.0261. The normalized spacial score (nSPS) is 13.9. The molecule has 0 rings (SSSR count). The molecule has 0 atom stereocenters. The third-order valence-corrected chi connectivity index (χ3v) is 17.8. The Hall–Kier alpha value is -6.73. The number of ether oxygens (including phenoxy) is 14. The summed E-state index contributed by atoms with van der Waals surface area (Å²) < 4.78 is 555. The zero-order valence-electron chi connectivity index (χ0n) is 73.7. The molecule has 0 aliphatic heterocycles. The monoisotopic (exact) mass is 2090 g/mol. The van der Waals surface area contributed by atoms with E-state index < -0.39 is 281 Å². The van der Waals surface area contributed by atoms with Gasteiger partial charge in [-0.2, -0.15) is 167 Å². The van der Waals surface area contributed by atoms with Gasteiger partial charge in [-0.25, -0.2) is 18.9 Å². The SMILES string of the molecule is C=CCC(CC=C)(CCC(CC=C)(CC=C)CN(CCOCC(F)(F)OC(F)(F)C(F)(F)F)C(=O)C(F)(F)OC(F)(F)COCC(F)(F)F)CN(CCOCC(F)(F)OC(C)(F)F)C(=O)COCC(F)(F)OC(C)(F)F.C=CCC(CC=C)(CCCCOCC(F)(F)OC(F)(F)C(F)(F)F)CCC(CC=C)(CC=C)CNCC(F)(F)OC(F)(F)COCC.CCOCC(F)(F)OC(F)(F)C(=O)F. The molecule has 0 aromatic carbocycles. The summed E-state index contributed by atoms with van der Waals surface area (Å²) in [5.74, 6) is -4.17. The Morgan fingerprint density at radius 3 is 0.964 bits per heavy atom. The lowest BCUT2D eigenvalue weighted by Gasteiger charge is -2.43. The number of nitrogens with one attached hydrogen (secondary N) is 1. The molecule has 806 valence electrons. The molecule has 0 unspecified atom stereocenters. The van der Waals surface area contributed by atoms with Gasteiger partial charge in [0.2, 0.25) is 5.91 Å². The summed E-state index contributed by atoms with van der Waals surface area (Å²) in [7, 11) is 0. The van der Waals surface area contributed by atoms with E-state index >= 15 is 8.78 Å². The van der Waals surface area contributed by atoms with E-state index in [-0.39, 0.29) is 57.8 Å². The van der Waals surface area contributed by atoms with Crippen molar-refractivity contribution < 1.29 is 248 Å². The van der Waals surface area contributed by atoms with Crippen LogP contribution in [0.1, 0.15) is 124 Å². The summed E-state index contributed by atoms with van der Waals surface area (Å²) in [6, 6.07) is -3.28. The molecule has 0 aromatic heterocycles. The average Bonchev–Trinajstić information content (AvgIpc) is 0.802. The molecule has 0 heterocycles. The Bertz CT molecular complexity index is 3530. The fraction of sp³-hybridized carbons (Fsp3) is 0.759. The van der Waals surface area contributed by atoms with E-state index in [2.05, 4.69) is 120 Å². The summed E-state index contributed by atoms with van der Waals surface area (Å²) in [6.45, 7) is 5.85. The van der Waals surface area contributed by atoms with Crippen LogP contribution in [0.15, 0.2) is 101 Å². The average molecular weight is 2090 g/mol. The molecule has 0 saturated heterocycles. The molecular weight excluding hydrogens is 1980 g/mol. The van der Waals surface area contributed by atoms with Crippen LogP contribution >= 0.6 is 0 Å². The molecule has 1 N–H and O–H groups in total. The van der Waals surface area contributed by atoms with Crippen LogP contribution in [0.3, 0.4) is 0 Å². The maximum atomic E-state index is 15.4. The minimum atomic E-state index is -6.71. The second kappa shape index (κ2) is 57.5. The lowest BCUT2D eigenvalue weighted by molar-refractivity contribution is -0.460. The number of alkyl halides is 37. The first-order valence-electron chi connectivity index (χ1n) is 39.8. The van der Waals surface area contributed by atoms with Gasteiger partial charge in [0.1, 0.15) is 59.5 Å². The predicted octanol–water partition coefficient (Wildman–Crippen LogP) is 23.3. The van der Waals surface area contributed by atoms with Gasteiger partial charge in [-0.05, 0) is 125 Å². The molecule has 0 fully saturated rings. The molecule has 20 nitrogen and oxygen atoms in total. The van der Waals surface area contributed by atoms with Crippen LogP contribution in [0.4, 0.5) is 167 Å². The number of allylic oxidation sites excluding steroid dienone is 8. The van der Waals surface area contributed by atoms with Gasteiger partial charge in [0, 0.05) is 66.4 Å². The molecule has 137 heavy (non-hydrogen) atoms. The topological polar surface area (TPSA) is 199 Å². The van der Waals surface area contributed by atoms with Gasteiger partial charge in [0.25, 0.3) is 0 Å². The zero-order chi connectivity index (χ0) is 107. The van der Waals surface area contributed by atoms with E-state index in [0.717, 1.165) is 12.2 Å². The van der Waals surface area contributed by atoms with Crippen LogP contribution in [0, 0.1) is 21.7 Å². The maximum Gasteiger partial charge on any atom is 0.483 e. The van der Waals surface area contributed by atoms with Crippen LogP contribution in [0.2, 0.25) is 0 Å². The van der Waals surface area contributed by atoms with Gasteiger partial charge in [-0.3, -0.25) is 28.6 Å². The molecule has 0 saturated carbocycles. The van der Waals surface area contributed by atoms with Crippen molar-refractivity contribution in [3.05, 3.63) is 101 Å². The molecule has 0 radical (unpaired) electrons. The highest BCUT2D eigenvalue weighted by molar-refractivity contribution is 5.82. The Morgan fingerprint density at radius 1 is 0.307 bits per heavy atom. The maximum absolute atomic E-state index is 15.4. The smallest absolute Gasteiger partial charge is 0.373 e. The second-order valence-corrected chi connectivity index (χ2v) is 30.3. The molecule has 2 amide bonds. The highest BCUT2D eigenvalue weighted by Gasteiger charge is 2.66. The van der Waals surface area contributed by atoms with Crippen molar-refractivity contribution in [3.63, 3.8) is 0 Å². The van der Waals surface area contributed by atoms with Gasteiger partial charge in [-0.15, -0.1) is 52.6 Å². The number of unbranched alkanes of at least 4 members (excludes halogenated alkanes) is 1. The molecule has 0 aromatic rings. The number of amides is 2. The third-order valence-electron chi connectivity index (χ3n) is 17.8. The lowest BCUT2D eigenvalue weighted by Crippen LogP contribution is -2.53. The van der Waals surface area contributed by atoms with E-state index in [1.54, 1.807) is 24.3 Å². The van der Waals surface area contributed by atoms with E-state index in [9.17, 15) is 172 Å². The van der Waals surface area contributed by atoms with Crippen molar-refractivity contribution in [2.24, 2.45) is 21.7 Å². The Kier molecular flexibility index (Phi) is 56.4. The van der Waals surface area contributed by atoms with Gasteiger partial charge < -0.3 is 48.3 Å². The lowest BCUT2D eigenvalue weighted by atomic mass is 9.67. The third kappa shape index (κ3) is 58.5. The van der Waals surface area contributed by atoms with Crippen molar-refractivity contribution in [2.45, 2.75) is 228 Å². The predicted molar refractivity (Wildman–Crippen MR) is 406 cm³/mol.